The molecule has 1 N–H and O–H groups in total. The van der Waals surface area contributed by atoms with Gasteiger partial charge in [-0.05, 0) is 36.8 Å². The minimum absolute atomic E-state index is 0.0450. The van der Waals surface area contributed by atoms with E-state index in [9.17, 15) is 14.4 Å². The van der Waals surface area contributed by atoms with Crippen LogP contribution in [0, 0.1) is 0 Å². The number of pyridine rings is 1. The zero-order chi connectivity index (χ0) is 18.1. The Hall–Kier alpha value is -3.48. The third kappa shape index (κ3) is 2.83. The Kier molecular flexibility index (Phi) is 3.96. The number of carbonyl (C=O) groups is 2. The van der Waals surface area contributed by atoms with E-state index in [1.165, 1.54) is 10.6 Å². The fourth-order valence-electron chi connectivity index (χ4n) is 3.05. The number of rotatable bonds is 3. The second kappa shape index (κ2) is 6.44. The Morgan fingerprint density at radius 3 is 2.81 bits per heavy atom. The van der Waals surface area contributed by atoms with Crippen LogP contribution in [0.3, 0.4) is 0 Å². The van der Waals surface area contributed by atoms with Gasteiger partial charge in [-0.1, -0.05) is 12.1 Å². The SMILES string of the molecule is O=C(Nc1cccc(N2CCCC2=O)c1)c1cnc2ccccn2c1=O. The molecule has 0 atom stereocenters. The molecule has 1 aliphatic heterocycles. The molecule has 1 aromatic carbocycles. The van der Waals surface area contributed by atoms with Crippen molar-refractivity contribution in [2.24, 2.45) is 0 Å². The van der Waals surface area contributed by atoms with Crippen molar-refractivity contribution in [3.63, 3.8) is 0 Å². The fraction of sp³-hybridized carbons (Fsp3) is 0.158. The third-order valence-electron chi connectivity index (χ3n) is 4.35. The van der Waals surface area contributed by atoms with Crippen LogP contribution in [0.25, 0.3) is 5.65 Å². The first-order valence-electron chi connectivity index (χ1n) is 8.32. The molecule has 1 saturated heterocycles. The van der Waals surface area contributed by atoms with Crippen molar-refractivity contribution in [1.29, 1.82) is 0 Å². The molecule has 0 saturated carbocycles. The maximum Gasteiger partial charge on any atom is 0.270 e. The van der Waals surface area contributed by atoms with Crippen LogP contribution >= 0.6 is 0 Å². The van der Waals surface area contributed by atoms with Crippen molar-refractivity contribution in [2.45, 2.75) is 12.8 Å². The number of hydrogen-bond donors (Lipinski definition) is 1. The Balaban J connectivity index is 1.62. The zero-order valence-electron chi connectivity index (χ0n) is 13.9. The molecule has 2 amide bonds. The second-order valence-corrected chi connectivity index (χ2v) is 6.06. The standard InChI is InChI=1S/C19H16N4O3/c24-17-8-4-10-22(17)14-6-3-5-13(11-14)21-18(25)15-12-20-16-7-1-2-9-23(16)19(15)26/h1-3,5-7,9,11-12H,4,8,10H2,(H,21,25). The highest BCUT2D eigenvalue weighted by molar-refractivity contribution is 6.04. The summed E-state index contributed by atoms with van der Waals surface area (Å²) in [6.45, 7) is 0.673. The Labute approximate surface area is 148 Å². The molecule has 26 heavy (non-hydrogen) atoms. The Morgan fingerprint density at radius 1 is 1.12 bits per heavy atom. The lowest BCUT2D eigenvalue weighted by molar-refractivity contribution is -0.117. The number of nitrogens with zero attached hydrogens (tertiary/aromatic N) is 3. The van der Waals surface area contributed by atoms with Gasteiger partial charge in [0.15, 0.2) is 0 Å². The number of nitrogens with one attached hydrogen (secondary N) is 1. The van der Waals surface area contributed by atoms with Crippen molar-refractivity contribution in [3.8, 4) is 0 Å². The lowest BCUT2D eigenvalue weighted by Gasteiger charge is -2.16. The normalized spacial score (nSPS) is 14.0. The van der Waals surface area contributed by atoms with E-state index in [1.807, 2.05) is 6.07 Å². The molecule has 3 aromatic rings. The molecule has 7 nitrogen and oxygen atoms in total. The zero-order valence-corrected chi connectivity index (χ0v) is 13.9. The quantitative estimate of drug-likeness (QED) is 0.785. The Morgan fingerprint density at radius 2 is 2.00 bits per heavy atom. The van der Waals surface area contributed by atoms with Gasteiger partial charge in [0.2, 0.25) is 5.91 Å². The lowest BCUT2D eigenvalue weighted by Crippen LogP contribution is -2.27. The average Bonchev–Trinajstić information content (AvgIpc) is 3.08. The molecule has 7 heteroatoms. The molecule has 2 aromatic heterocycles. The van der Waals surface area contributed by atoms with Gasteiger partial charge < -0.3 is 10.2 Å². The molecule has 0 bridgehead atoms. The van der Waals surface area contributed by atoms with E-state index in [1.54, 1.807) is 47.5 Å². The van der Waals surface area contributed by atoms with Crippen molar-refractivity contribution in [2.75, 3.05) is 16.8 Å². The van der Waals surface area contributed by atoms with Crippen LogP contribution in [0.5, 0.6) is 0 Å². The smallest absolute Gasteiger partial charge is 0.270 e. The maximum absolute atomic E-state index is 12.5. The van der Waals surface area contributed by atoms with Crippen molar-refractivity contribution < 1.29 is 9.59 Å². The Bertz CT molecular complexity index is 1070. The van der Waals surface area contributed by atoms with E-state index in [4.69, 9.17) is 0 Å². The molecular weight excluding hydrogens is 332 g/mol. The summed E-state index contributed by atoms with van der Waals surface area (Å²) in [5, 5.41) is 2.71. The predicted octanol–water partition coefficient (Wildman–Crippen LogP) is 2.07. The van der Waals surface area contributed by atoms with Gasteiger partial charge in [0.25, 0.3) is 11.5 Å². The summed E-state index contributed by atoms with van der Waals surface area (Å²) in [6.07, 6.45) is 4.22. The summed E-state index contributed by atoms with van der Waals surface area (Å²) in [5.74, 6) is -0.462. The van der Waals surface area contributed by atoms with Crippen LogP contribution in [-0.4, -0.2) is 27.7 Å². The van der Waals surface area contributed by atoms with E-state index in [0.717, 1.165) is 12.1 Å². The van der Waals surface area contributed by atoms with Gasteiger partial charge in [0, 0.05) is 36.7 Å². The molecule has 1 aliphatic rings. The van der Waals surface area contributed by atoms with Gasteiger partial charge in [-0.2, -0.15) is 0 Å². The summed E-state index contributed by atoms with van der Waals surface area (Å²) in [6, 6.07) is 12.2. The van der Waals surface area contributed by atoms with E-state index in [2.05, 4.69) is 10.3 Å². The van der Waals surface area contributed by atoms with E-state index < -0.39 is 11.5 Å². The maximum atomic E-state index is 12.5. The number of amides is 2. The summed E-state index contributed by atoms with van der Waals surface area (Å²) in [7, 11) is 0. The first-order valence-corrected chi connectivity index (χ1v) is 8.32. The summed E-state index contributed by atoms with van der Waals surface area (Å²) >= 11 is 0. The topological polar surface area (TPSA) is 83.8 Å². The average molecular weight is 348 g/mol. The van der Waals surface area contributed by atoms with Crippen LogP contribution in [-0.2, 0) is 4.79 Å². The summed E-state index contributed by atoms with van der Waals surface area (Å²) in [5.41, 5.74) is 1.25. The van der Waals surface area contributed by atoms with Gasteiger partial charge >= 0.3 is 0 Å². The van der Waals surface area contributed by atoms with Crippen LogP contribution < -0.4 is 15.8 Å². The molecule has 3 heterocycles. The van der Waals surface area contributed by atoms with Gasteiger partial charge in [-0.15, -0.1) is 0 Å². The van der Waals surface area contributed by atoms with Crippen LogP contribution in [0.15, 0.2) is 59.7 Å². The molecule has 130 valence electrons. The molecule has 0 unspecified atom stereocenters. The summed E-state index contributed by atoms with van der Waals surface area (Å²) in [4.78, 5) is 42.7. The second-order valence-electron chi connectivity index (χ2n) is 6.06. The predicted molar refractivity (Wildman–Crippen MR) is 97.4 cm³/mol. The molecule has 0 spiro atoms. The van der Waals surface area contributed by atoms with Gasteiger partial charge in [-0.3, -0.25) is 18.8 Å². The van der Waals surface area contributed by atoms with Crippen LogP contribution in [0.1, 0.15) is 23.2 Å². The van der Waals surface area contributed by atoms with Crippen molar-refractivity contribution in [1.82, 2.24) is 9.38 Å². The highest BCUT2D eigenvalue weighted by Gasteiger charge is 2.22. The van der Waals surface area contributed by atoms with Gasteiger partial charge in [-0.25, -0.2) is 4.98 Å². The monoisotopic (exact) mass is 348 g/mol. The highest BCUT2D eigenvalue weighted by atomic mass is 16.2. The number of fused-ring (bicyclic) bond motifs is 1. The van der Waals surface area contributed by atoms with E-state index in [-0.39, 0.29) is 11.5 Å². The van der Waals surface area contributed by atoms with Crippen molar-refractivity contribution in [3.05, 3.63) is 70.8 Å². The number of anilines is 2. The minimum Gasteiger partial charge on any atom is -0.322 e. The van der Waals surface area contributed by atoms with Gasteiger partial charge in [0.1, 0.15) is 11.2 Å². The molecule has 0 radical (unpaired) electrons. The van der Waals surface area contributed by atoms with E-state index in [0.29, 0.717) is 24.3 Å². The lowest BCUT2D eigenvalue weighted by atomic mass is 10.2. The molecule has 0 aliphatic carbocycles. The minimum atomic E-state index is -0.536. The third-order valence-corrected chi connectivity index (χ3v) is 4.35. The number of benzene rings is 1. The van der Waals surface area contributed by atoms with E-state index >= 15 is 0 Å². The molecule has 4 rings (SSSR count). The van der Waals surface area contributed by atoms with Crippen LogP contribution in [0.2, 0.25) is 0 Å². The number of hydrogen-bond acceptors (Lipinski definition) is 4. The summed E-state index contributed by atoms with van der Waals surface area (Å²) < 4.78 is 1.33. The first kappa shape index (κ1) is 16.0. The van der Waals surface area contributed by atoms with Gasteiger partial charge in [0.05, 0.1) is 0 Å². The first-order chi connectivity index (χ1) is 12.6. The number of aromatic nitrogens is 2. The largest absolute Gasteiger partial charge is 0.322 e. The molecular formula is C19H16N4O3. The number of carbonyl (C=O) groups excluding carboxylic acids is 2. The van der Waals surface area contributed by atoms with Crippen LogP contribution in [0.4, 0.5) is 11.4 Å². The fourth-order valence-corrected chi connectivity index (χ4v) is 3.05. The van der Waals surface area contributed by atoms with Crippen molar-refractivity contribution >= 4 is 28.8 Å². The highest BCUT2D eigenvalue weighted by Crippen LogP contribution is 2.24. The molecule has 1 fully saturated rings.